The van der Waals surface area contributed by atoms with Gasteiger partial charge in [0, 0.05) is 5.56 Å². The molecule has 2 heteroatoms. The number of nitrogens with zero attached hydrogens (tertiary/aromatic N) is 1. The zero-order valence-electron chi connectivity index (χ0n) is 7.84. The summed E-state index contributed by atoms with van der Waals surface area (Å²) < 4.78 is 0.990. The largest absolute Gasteiger partial charge is 2.00 e. The molecule has 0 aliphatic heterocycles. The summed E-state index contributed by atoms with van der Waals surface area (Å²) in [5.41, 5.74) is 1.40. The van der Waals surface area contributed by atoms with Crippen LogP contribution in [0.15, 0.2) is 30.3 Å². The molecule has 0 bridgehead atoms. The zero-order chi connectivity index (χ0) is 8.32. The van der Waals surface area contributed by atoms with E-state index in [1.54, 1.807) is 0 Å². The van der Waals surface area contributed by atoms with Crippen molar-refractivity contribution in [2.75, 3.05) is 21.1 Å². The van der Waals surface area contributed by atoms with Gasteiger partial charge in [-0.25, -0.2) is 0 Å². The Labute approximate surface area is 85.5 Å². The molecule has 0 unspecified atom stereocenters. The van der Waals surface area contributed by atoms with E-state index in [2.05, 4.69) is 51.5 Å². The molecule has 0 atom stereocenters. The van der Waals surface area contributed by atoms with Crippen LogP contribution in [0.5, 0.6) is 0 Å². The molecule has 1 radical (unpaired) electrons. The summed E-state index contributed by atoms with van der Waals surface area (Å²) in [6.45, 7) is 1.10. The standard InChI is InChI=1S/C10H16N.Cu/c1-11(2,3)9-10-7-5-4-6-8-10;/h4-8H,9H2,1-3H3;/q+1;+2. The van der Waals surface area contributed by atoms with Crippen LogP contribution in [-0.4, -0.2) is 25.6 Å². The molecule has 0 heterocycles. The van der Waals surface area contributed by atoms with Crippen LogP contribution in [0.3, 0.4) is 0 Å². The number of quaternary nitrogens is 1. The molecule has 1 nitrogen and oxygen atoms in total. The zero-order valence-corrected chi connectivity index (χ0v) is 8.78. The molecule has 0 aromatic heterocycles. The minimum absolute atomic E-state index is 0. The Bertz CT molecular complexity index is 213. The first-order valence-electron chi connectivity index (χ1n) is 3.92. The molecular formula is C10H16CuN+3. The molecule has 0 amide bonds. The maximum Gasteiger partial charge on any atom is 2.00 e. The van der Waals surface area contributed by atoms with Gasteiger partial charge in [-0.05, 0) is 0 Å². The van der Waals surface area contributed by atoms with Gasteiger partial charge in [-0.1, -0.05) is 30.3 Å². The second-order valence-electron chi connectivity index (χ2n) is 3.93. The molecule has 1 aromatic rings. The first-order valence-corrected chi connectivity index (χ1v) is 3.92. The second kappa shape index (κ2) is 4.66. The summed E-state index contributed by atoms with van der Waals surface area (Å²) in [4.78, 5) is 0. The van der Waals surface area contributed by atoms with Crippen molar-refractivity contribution < 1.29 is 21.6 Å². The molecule has 0 aliphatic rings. The van der Waals surface area contributed by atoms with Crippen molar-refractivity contribution in [2.45, 2.75) is 6.54 Å². The number of hydrogen-bond acceptors (Lipinski definition) is 0. The summed E-state index contributed by atoms with van der Waals surface area (Å²) >= 11 is 0. The van der Waals surface area contributed by atoms with E-state index in [1.165, 1.54) is 5.56 Å². The number of rotatable bonds is 2. The minimum atomic E-state index is 0. The van der Waals surface area contributed by atoms with Crippen molar-refractivity contribution >= 4 is 0 Å². The van der Waals surface area contributed by atoms with Crippen LogP contribution >= 0.6 is 0 Å². The van der Waals surface area contributed by atoms with Gasteiger partial charge in [-0.3, -0.25) is 0 Å². The van der Waals surface area contributed by atoms with Crippen molar-refractivity contribution in [3.05, 3.63) is 35.9 Å². The van der Waals surface area contributed by atoms with Crippen molar-refractivity contribution in [3.8, 4) is 0 Å². The maximum absolute atomic E-state index is 2.20. The first kappa shape index (κ1) is 11.7. The van der Waals surface area contributed by atoms with Gasteiger partial charge in [-0.15, -0.1) is 0 Å². The van der Waals surface area contributed by atoms with Crippen LogP contribution < -0.4 is 0 Å². The molecule has 0 spiro atoms. The fourth-order valence-corrected chi connectivity index (χ4v) is 1.13. The van der Waals surface area contributed by atoms with Crippen molar-refractivity contribution in [1.82, 2.24) is 0 Å². The van der Waals surface area contributed by atoms with Crippen LogP contribution in [0.1, 0.15) is 5.56 Å². The molecule has 69 valence electrons. The Hall–Kier alpha value is -0.301. The van der Waals surface area contributed by atoms with Crippen molar-refractivity contribution in [2.24, 2.45) is 0 Å². The Kier molecular flexibility index (Phi) is 4.54. The molecule has 0 aliphatic carbocycles. The molecule has 1 aromatic carbocycles. The van der Waals surface area contributed by atoms with Crippen molar-refractivity contribution in [3.63, 3.8) is 0 Å². The quantitative estimate of drug-likeness (QED) is 0.520. The van der Waals surface area contributed by atoms with Crippen LogP contribution in [0, 0.1) is 0 Å². The van der Waals surface area contributed by atoms with E-state index in [1.807, 2.05) is 0 Å². The van der Waals surface area contributed by atoms with Gasteiger partial charge in [0.05, 0.1) is 21.1 Å². The average Bonchev–Trinajstić information content (AvgIpc) is 1.85. The van der Waals surface area contributed by atoms with Gasteiger partial charge in [-0.2, -0.15) is 0 Å². The van der Waals surface area contributed by atoms with Gasteiger partial charge in [0.2, 0.25) is 0 Å². The second-order valence-corrected chi connectivity index (χ2v) is 3.93. The third-order valence-electron chi connectivity index (χ3n) is 1.50. The molecular weight excluding hydrogens is 198 g/mol. The van der Waals surface area contributed by atoms with Crippen LogP contribution in [0.4, 0.5) is 0 Å². The normalized spacial score (nSPS) is 10.6. The molecule has 0 fully saturated rings. The maximum atomic E-state index is 2.20. The van der Waals surface area contributed by atoms with Crippen LogP contribution in [0.25, 0.3) is 0 Å². The van der Waals surface area contributed by atoms with Gasteiger partial charge < -0.3 is 4.48 Å². The van der Waals surface area contributed by atoms with Crippen molar-refractivity contribution in [1.29, 1.82) is 0 Å². The SMILES string of the molecule is C[N+](C)(C)Cc1ccccc1.[Cu+2]. The Morgan fingerprint density at radius 2 is 1.50 bits per heavy atom. The fraction of sp³-hybridized carbons (Fsp3) is 0.400. The van der Waals surface area contributed by atoms with E-state index < -0.39 is 0 Å². The van der Waals surface area contributed by atoms with E-state index in [4.69, 9.17) is 0 Å². The van der Waals surface area contributed by atoms with E-state index >= 15 is 0 Å². The summed E-state index contributed by atoms with van der Waals surface area (Å²) in [7, 11) is 6.60. The van der Waals surface area contributed by atoms with E-state index in [0.717, 1.165) is 11.0 Å². The fourth-order valence-electron chi connectivity index (χ4n) is 1.13. The third-order valence-corrected chi connectivity index (χ3v) is 1.50. The predicted octanol–water partition coefficient (Wildman–Crippen LogP) is 1.89. The van der Waals surface area contributed by atoms with E-state index in [9.17, 15) is 0 Å². The smallest absolute Gasteiger partial charge is 0.327 e. The predicted molar refractivity (Wildman–Crippen MR) is 48.2 cm³/mol. The number of benzene rings is 1. The van der Waals surface area contributed by atoms with Crippen LogP contribution in [0.2, 0.25) is 0 Å². The third kappa shape index (κ3) is 4.55. The van der Waals surface area contributed by atoms with Gasteiger partial charge >= 0.3 is 17.1 Å². The minimum Gasteiger partial charge on any atom is -0.327 e. The first-order chi connectivity index (χ1) is 5.08. The van der Waals surface area contributed by atoms with E-state index in [0.29, 0.717) is 0 Å². The molecule has 12 heavy (non-hydrogen) atoms. The topological polar surface area (TPSA) is 0 Å². The Morgan fingerprint density at radius 3 is 1.92 bits per heavy atom. The molecule has 0 saturated carbocycles. The Morgan fingerprint density at radius 1 is 1.00 bits per heavy atom. The van der Waals surface area contributed by atoms with E-state index in [-0.39, 0.29) is 17.1 Å². The van der Waals surface area contributed by atoms with Gasteiger partial charge in [0.1, 0.15) is 6.54 Å². The summed E-state index contributed by atoms with van der Waals surface area (Å²) in [5, 5.41) is 0. The number of hydrogen-bond donors (Lipinski definition) is 0. The van der Waals surface area contributed by atoms with Crippen LogP contribution in [-0.2, 0) is 23.6 Å². The average molecular weight is 214 g/mol. The van der Waals surface area contributed by atoms with Gasteiger partial charge in [0.15, 0.2) is 0 Å². The summed E-state index contributed by atoms with van der Waals surface area (Å²) in [6.07, 6.45) is 0. The summed E-state index contributed by atoms with van der Waals surface area (Å²) in [5.74, 6) is 0. The molecule has 0 saturated heterocycles. The Balaban J connectivity index is 0.00000121. The monoisotopic (exact) mass is 213 g/mol. The summed E-state index contributed by atoms with van der Waals surface area (Å²) in [6, 6.07) is 10.6. The molecule has 0 N–H and O–H groups in total. The molecule has 1 rings (SSSR count). The van der Waals surface area contributed by atoms with Gasteiger partial charge in [0.25, 0.3) is 0 Å².